The highest BCUT2D eigenvalue weighted by Crippen LogP contribution is 2.46. The van der Waals surface area contributed by atoms with E-state index in [-0.39, 0.29) is 10.8 Å². The number of hydrogen-bond donors (Lipinski definition) is 0. The summed E-state index contributed by atoms with van der Waals surface area (Å²) in [7, 11) is 0. The van der Waals surface area contributed by atoms with Gasteiger partial charge in [0.1, 0.15) is 0 Å². The molecule has 342 valence electrons. The fraction of sp³-hybridized carbons (Fsp3) is 0.123. The van der Waals surface area contributed by atoms with Gasteiger partial charge in [0, 0.05) is 78.9 Å². The van der Waals surface area contributed by atoms with Crippen molar-refractivity contribution in [3.63, 3.8) is 0 Å². The highest BCUT2D eigenvalue weighted by Gasteiger charge is 2.26. The standard InChI is InChI=1S/C65H50N4S2/c1-64(2,3)44-27-31-54-52(37-44)53-38-45(65(4,5)6)28-32-55(53)69(54)60-50(39-17-9-7-10-18-39)33-43(34-51(60)40-19-11-8-12-20-40)63-67-61(41-25-29-48-46-21-13-15-23-56(46)70-58(48)35-41)66-62(68-63)42-26-30-49-47-22-14-16-24-57(47)71-59(49)36-42/h7-38H,1-6H3. The van der Waals surface area contributed by atoms with E-state index >= 15 is 0 Å². The molecule has 0 aliphatic carbocycles. The van der Waals surface area contributed by atoms with Crippen molar-refractivity contribution in [2.45, 2.75) is 52.4 Å². The molecule has 0 unspecified atom stereocenters. The first-order chi connectivity index (χ1) is 34.4. The normalized spacial score (nSPS) is 12.4. The second kappa shape index (κ2) is 16.4. The van der Waals surface area contributed by atoms with Crippen molar-refractivity contribution >= 4 is 84.8 Å². The summed E-state index contributed by atoms with van der Waals surface area (Å²) in [6.07, 6.45) is 0. The van der Waals surface area contributed by atoms with Gasteiger partial charge in [-0.3, -0.25) is 0 Å². The molecule has 0 aliphatic rings. The van der Waals surface area contributed by atoms with Gasteiger partial charge in [0.15, 0.2) is 17.5 Å². The molecule has 0 aliphatic heterocycles. The second-order valence-electron chi connectivity index (χ2n) is 20.9. The van der Waals surface area contributed by atoms with Crippen LogP contribution in [0.3, 0.4) is 0 Å². The highest BCUT2D eigenvalue weighted by molar-refractivity contribution is 7.26. The number of fused-ring (bicyclic) bond motifs is 9. The smallest absolute Gasteiger partial charge is 0.164 e. The van der Waals surface area contributed by atoms with E-state index in [2.05, 4.69) is 240 Å². The Balaban J connectivity index is 1.10. The monoisotopic (exact) mass is 950 g/mol. The zero-order valence-electron chi connectivity index (χ0n) is 40.6. The molecule has 6 heteroatoms. The van der Waals surface area contributed by atoms with Gasteiger partial charge in [-0.25, -0.2) is 15.0 Å². The molecule has 4 heterocycles. The highest BCUT2D eigenvalue weighted by atomic mass is 32.1. The average molecular weight is 951 g/mol. The van der Waals surface area contributed by atoms with E-state index in [1.165, 1.54) is 73.3 Å². The second-order valence-corrected chi connectivity index (χ2v) is 23.0. The number of hydrogen-bond acceptors (Lipinski definition) is 5. The van der Waals surface area contributed by atoms with Crippen LogP contribution in [0, 0.1) is 0 Å². The van der Waals surface area contributed by atoms with Crippen molar-refractivity contribution in [1.29, 1.82) is 0 Å². The topological polar surface area (TPSA) is 43.6 Å². The Bertz CT molecular complexity index is 3980. The minimum Gasteiger partial charge on any atom is -0.308 e. The molecule has 0 N–H and O–H groups in total. The molecule has 0 saturated carbocycles. The molecule has 0 radical (unpaired) electrons. The summed E-state index contributed by atoms with van der Waals surface area (Å²) in [6.45, 7) is 13.8. The SMILES string of the molecule is CC(C)(C)c1ccc2c(c1)c1cc(C(C)(C)C)ccc1n2-c1c(-c2ccccc2)cc(-c2nc(-c3ccc4c(c3)sc3ccccc34)nc(-c3ccc4c(c3)sc3ccccc34)n2)cc1-c1ccccc1. The molecule has 0 fully saturated rings. The molecule has 0 saturated heterocycles. The van der Waals surface area contributed by atoms with E-state index in [1.54, 1.807) is 0 Å². The van der Waals surface area contributed by atoms with Crippen molar-refractivity contribution < 1.29 is 0 Å². The van der Waals surface area contributed by atoms with Crippen LogP contribution in [0.1, 0.15) is 52.7 Å². The Hall–Kier alpha value is -7.77. The molecular weight excluding hydrogens is 901 g/mol. The van der Waals surface area contributed by atoms with Gasteiger partial charge >= 0.3 is 0 Å². The van der Waals surface area contributed by atoms with Gasteiger partial charge in [-0.1, -0.05) is 175 Å². The fourth-order valence-electron chi connectivity index (χ4n) is 10.4. The van der Waals surface area contributed by atoms with Crippen LogP contribution in [0.2, 0.25) is 0 Å². The first-order valence-corrected chi connectivity index (χ1v) is 26.0. The van der Waals surface area contributed by atoms with Crippen molar-refractivity contribution in [2.24, 2.45) is 0 Å². The third-order valence-corrected chi connectivity index (χ3v) is 16.4. The zero-order valence-corrected chi connectivity index (χ0v) is 42.2. The number of rotatable bonds is 6. The average Bonchev–Trinajstić information content (AvgIpc) is 4.07. The third kappa shape index (κ3) is 7.44. The Morgan fingerprint density at radius 3 is 1.15 bits per heavy atom. The summed E-state index contributed by atoms with van der Waals surface area (Å²) < 4.78 is 7.46. The van der Waals surface area contributed by atoms with Gasteiger partial charge in [-0.2, -0.15) is 0 Å². The molecule has 0 bridgehead atoms. The van der Waals surface area contributed by atoms with Crippen LogP contribution in [0.5, 0.6) is 0 Å². The molecule has 13 aromatic rings. The number of benzene rings is 9. The van der Waals surface area contributed by atoms with E-state index < -0.39 is 0 Å². The maximum absolute atomic E-state index is 5.46. The van der Waals surface area contributed by atoms with Crippen LogP contribution in [0.15, 0.2) is 194 Å². The van der Waals surface area contributed by atoms with E-state index in [0.29, 0.717) is 17.5 Å². The first-order valence-electron chi connectivity index (χ1n) is 24.4. The van der Waals surface area contributed by atoms with Gasteiger partial charge < -0.3 is 4.57 Å². The lowest BCUT2D eigenvalue weighted by atomic mass is 9.85. The van der Waals surface area contributed by atoms with Gasteiger partial charge in [-0.15, -0.1) is 22.7 Å². The lowest BCUT2D eigenvalue weighted by Crippen LogP contribution is -2.10. The molecule has 71 heavy (non-hydrogen) atoms. The minimum atomic E-state index is -0.0220. The number of nitrogens with zero attached hydrogens (tertiary/aromatic N) is 4. The predicted octanol–water partition coefficient (Wildman–Crippen LogP) is 18.6. The summed E-state index contributed by atoms with van der Waals surface area (Å²) in [4.78, 5) is 16.3. The van der Waals surface area contributed by atoms with Gasteiger partial charge in [-0.05, 0) is 93.7 Å². The van der Waals surface area contributed by atoms with Crippen LogP contribution in [0.4, 0.5) is 0 Å². The van der Waals surface area contributed by atoms with E-state index in [1.807, 2.05) is 22.7 Å². The molecule has 9 aromatic carbocycles. The summed E-state index contributed by atoms with van der Waals surface area (Å²) >= 11 is 3.61. The third-order valence-electron chi connectivity index (χ3n) is 14.2. The molecule has 0 spiro atoms. The lowest BCUT2D eigenvalue weighted by Gasteiger charge is -2.22. The van der Waals surface area contributed by atoms with Crippen LogP contribution < -0.4 is 0 Å². The minimum absolute atomic E-state index is 0.0220. The van der Waals surface area contributed by atoms with Crippen LogP contribution in [0.25, 0.3) is 124 Å². The Kier molecular flexibility index (Phi) is 10.0. The molecule has 0 atom stereocenters. The van der Waals surface area contributed by atoms with E-state index in [4.69, 9.17) is 15.0 Å². The Labute approximate surface area is 421 Å². The van der Waals surface area contributed by atoms with E-state index in [9.17, 15) is 0 Å². The van der Waals surface area contributed by atoms with Crippen LogP contribution in [-0.2, 0) is 10.8 Å². The van der Waals surface area contributed by atoms with Gasteiger partial charge in [0.05, 0.1) is 16.7 Å². The maximum Gasteiger partial charge on any atom is 0.164 e. The summed E-state index contributed by atoms with van der Waals surface area (Å²) in [5, 5.41) is 7.51. The van der Waals surface area contributed by atoms with E-state index in [0.717, 1.165) is 44.6 Å². The lowest BCUT2D eigenvalue weighted by molar-refractivity contribution is 0.590. The molecule has 4 nitrogen and oxygen atoms in total. The van der Waals surface area contributed by atoms with Crippen molar-refractivity contribution in [2.75, 3.05) is 0 Å². The summed E-state index contributed by atoms with van der Waals surface area (Å²) in [5.41, 5.74) is 13.2. The Morgan fingerprint density at radius 1 is 0.324 bits per heavy atom. The Morgan fingerprint density at radius 2 is 0.718 bits per heavy atom. The fourth-order valence-corrected chi connectivity index (χ4v) is 12.7. The van der Waals surface area contributed by atoms with Gasteiger partial charge in [0.2, 0.25) is 0 Å². The maximum atomic E-state index is 5.46. The molecule has 0 amide bonds. The zero-order chi connectivity index (χ0) is 48.2. The van der Waals surface area contributed by atoms with Gasteiger partial charge in [0.25, 0.3) is 0 Å². The van der Waals surface area contributed by atoms with Crippen LogP contribution in [-0.4, -0.2) is 19.5 Å². The van der Waals surface area contributed by atoms with Crippen molar-refractivity contribution in [3.8, 4) is 62.1 Å². The largest absolute Gasteiger partial charge is 0.308 e. The summed E-state index contributed by atoms with van der Waals surface area (Å²) in [5.74, 6) is 1.89. The number of thiophene rings is 2. The molecule has 13 rings (SSSR count). The van der Waals surface area contributed by atoms with Crippen molar-refractivity contribution in [3.05, 3.63) is 205 Å². The first kappa shape index (κ1) is 43.3. The predicted molar refractivity (Wildman–Crippen MR) is 305 cm³/mol. The molecular formula is C65H50N4S2. The summed E-state index contributed by atoms with van der Waals surface area (Å²) in [6, 6.07) is 71.1. The molecule has 4 aromatic heterocycles. The quantitative estimate of drug-likeness (QED) is 0.167. The van der Waals surface area contributed by atoms with Crippen molar-refractivity contribution in [1.82, 2.24) is 19.5 Å². The van der Waals surface area contributed by atoms with Crippen LogP contribution >= 0.6 is 22.7 Å². The number of aromatic nitrogens is 4.